The second-order valence-electron chi connectivity index (χ2n) is 7.06. The van der Waals surface area contributed by atoms with Gasteiger partial charge in [-0.25, -0.2) is 4.39 Å². The minimum absolute atomic E-state index is 0.146. The van der Waals surface area contributed by atoms with Gasteiger partial charge in [0.2, 0.25) is 0 Å². The molecule has 4 nitrogen and oxygen atoms in total. The van der Waals surface area contributed by atoms with E-state index in [-0.39, 0.29) is 17.6 Å². The van der Waals surface area contributed by atoms with E-state index in [2.05, 4.69) is 10.3 Å². The maximum atomic E-state index is 14.0. The third kappa shape index (κ3) is 3.22. The second kappa shape index (κ2) is 6.57. The number of aromatic nitrogens is 1. The molecule has 0 spiro atoms. The number of H-pyrrole nitrogens is 1. The molecule has 3 aromatic rings. The van der Waals surface area contributed by atoms with Crippen LogP contribution in [0.5, 0.6) is 0 Å². The first-order valence-corrected chi connectivity index (χ1v) is 8.85. The van der Waals surface area contributed by atoms with Crippen LogP contribution in [0.1, 0.15) is 40.5 Å². The number of amides is 1. The molecule has 3 N–H and O–H groups in total. The number of hydrogen-bond acceptors (Lipinski definition) is 2. The fourth-order valence-corrected chi connectivity index (χ4v) is 3.29. The highest BCUT2D eigenvalue weighted by molar-refractivity contribution is 5.98. The third-order valence-corrected chi connectivity index (χ3v) is 5.06. The van der Waals surface area contributed by atoms with Gasteiger partial charge in [-0.2, -0.15) is 0 Å². The summed E-state index contributed by atoms with van der Waals surface area (Å²) in [4.78, 5) is 15.8. The lowest BCUT2D eigenvalue weighted by Gasteiger charge is -2.24. The van der Waals surface area contributed by atoms with Gasteiger partial charge in [-0.3, -0.25) is 4.79 Å². The second-order valence-corrected chi connectivity index (χ2v) is 7.06. The standard InChI is InChI=1S/C21H21FN2O2/c1-12-6-7-15(10-16(12)22)19(20(25)13-8-9-13)24-21(26)18-11-14-4-2-3-5-17(14)23-18/h2-7,10-11,13,19-20,23,25H,8-9H2,1H3,(H,24,26). The SMILES string of the molecule is Cc1ccc(C(NC(=O)c2cc3ccccc3[nH]2)C(O)C2CC2)cc1F. The predicted molar refractivity (Wildman–Crippen MR) is 98.4 cm³/mol. The van der Waals surface area contributed by atoms with Gasteiger partial charge in [0.15, 0.2) is 0 Å². The summed E-state index contributed by atoms with van der Waals surface area (Å²) in [7, 11) is 0. The lowest BCUT2D eigenvalue weighted by atomic mass is 9.96. The number of hydrogen-bond donors (Lipinski definition) is 3. The number of halogens is 1. The zero-order valence-electron chi connectivity index (χ0n) is 14.5. The zero-order valence-corrected chi connectivity index (χ0v) is 14.5. The number of fused-ring (bicyclic) bond motifs is 1. The molecule has 0 bridgehead atoms. The van der Waals surface area contributed by atoms with Crippen molar-refractivity contribution >= 4 is 16.8 Å². The summed E-state index contributed by atoms with van der Waals surface area (Å²) < 4.78 is 14.0. The third-order valence-electron chi connectivity index (χ3n) is 5.06. The Labute approximate surface area is 151 Å². The highest BCUT2D eigenvalue weighted by atomic mass is 19.1. The molecule has 1 saturated carbocycles. The Bertz CT molecular complexity index is 929. The number of rotatable bonds is 5. The van der Waals surface area contributed by atoms with Gasteiger partial charge in [0.1, 0.15) is 11.5 Å². The van der Waals surface area contributed by atoms with Gasteiger partial charge in [-0.05, 0) is 55.0 Å². The van der Waals surface area contributed by atoms with E-state index in [1.165, 1.54) is 6.07 Å². The summed E-state index contributed by atoms with van der Waals surface area (Å²) in [6.45, 7) is 1.69. The van der Waals surface area contributed by atoms with Crippen LogP contribution in [0.4, 0.5) is 4.39 Å². The molecule has 2 aromatic carbocycles. The predicted octanol–water partition coefficient (Wildman–Crippen LogP) is 3.86. The average Bonchev–Trinajstić information content (AvgIpc) is 3.39. The Morgan fingerprint density at radius 2 is 2.00 bits per heavy atom. The molecule has 1 aliphatic rings. The molecule has 1 heterocycles. The first kappa shape index (κ1) is 16.8. The molecular formula is C21H21FN2O2. The minimum Gasteiger partial charge on any atom is -0.390 e. The maximum absolute atomic E-state index is 14.0. The van der Waals surface area contributed by atoms with Gasteiger partial charge < -0.3 is 15.4 Å². The van der Waals surface area contributed by atoms with Gasteiger partial charge in [0, 0.05) is 10.9 Å². The van der Waals surface area contributed by atoms with E-state index >= 15 is 0 Å². The van der Waals surface area contributed by atoms with Gasteiger partial charge in [-0.1, -0.05) is 30.3 Å². The van der Waals surface area contributed by atoms with Crippen LogP contribution in [0.2, 0.25) is 0 Å². The van der Waals surface area contributed by atoms with E-state index in [1.54, 1.807) is 25.1 Å². The summed E-state index contributed by atoms with van der Waals surface area (Å²) in [5, 5.41) is 14.5. The van der Waals surface area contributed by atoms with Crippen molar-refractivity contribution in [2.75, 3.05) is 0 Å². The average molecular weight is 352 g/mol. The Hall–Kier alpha value is -2.66. The molecule has 1 amide bonds. The Balaban J connectivity index is 1.63. The van der Waals surface area contributed by atoms with Crippen LogP contribution in [0.25, 0.3) is 10.9 Å². The number of carbonyl (C=O) groups is 1. The van der Waals surface area contributed by atoms with Crippen molar-refractivity contribution in [2.45, 2.75) is 31.9 Å². The zero-order chi connectivity index (χ0) is 18.3. The molecule has 0 saturated heterocycles. The first-order chi connectivity index (χ1) is 12.5. The van der Waals surface area contributed by atoms with Crippen LogP contribution >= 0.6 is 0 Å². The van der Waals surface area contributed by atoms with Gasteiger partial charge in [-0.15, -0.1) is 0 Å². The summed E-state index contributed by atoms with van der Waals surface area (Å²) in [5.41, 5.74) is 2.41. The number of benzene rings is 2. The molecular weight excluding hydrogens is 331 g/mol. The minimum atomic E-state index is -0.731. The highest BCUT2D eigenvalue weighted by Gasteiger charge is 2.37. The molecule has 0 radical (unpaired) electrons. The Kier molecular flexibility index (Phi) is 4.24. The molecule has 1 aromatic heterocycles. The van der Waals surface area contributed by atoms with Crippen molar-refractivity contribution in [1.82, 2.24) is 10.3 Å². The fraction of sp³-hybridized carbons (Fsp3) is 0.286. The fourth-order valence-electron chi connectivity index (χ4n) is 3.29. The summed E-state index contributed by atoms with van der Waals surface area (Å²) in [6.07, 6.45) is 1.12. The number of aliphatic hydroxyl groups excluding tert-OH is 1. The van der Waals surface area contributed by atoms with Crippen molar-refractivity contribution in [3.8, 4) is 0 Å². The summed E-state index contributed by atoms with van der Waals surface area (Å²) in [5.74, 6) is -0.505. The van der Waals surface area contributed by atoms with Gasteiger partial charge in [0.25, 0.3) is 5.91 Å². The molecule has 2 atom stereocenters. The van der Waals surface area contributed by atoms with Crippen LogP contribution in [-0.4, -0.2) is 22.1 Å². The molecule has 1 aliphatic carbocycles. The quantitative estimate of drug-likeness (QED) is 0.653. The largest absolute Gasteiger partial charge is 0.390 e. The first-order valence-electron chi connectivity index (χ1n) is 8.85. The van der Waals surface area contributed by atoms with Crippen LogP contribution in [0.15, 0.2) is 48.5 Å². The van der Waals surface area contributed by atoms with Crippen molar-refractivity contribution in [1.29, 1.82) is 0 Å². The number of aryl methyl sites for hydroxylation is 1. The molecule has 0 aliphatic heterocycles. The van der Waals surface area contributed by atoms with E-state index in [1.807, 2.05) is 24.3 Å². The van der Waals surface area contributed by atoms with E-state index in [4.69, 9.17) is 0 Å². The number of aromatic amines is 1. The van der Waals surface area contributed by atoms with E-state index in [9.17, 15) is 14.3 Å². The molecule has 4 rings (SSSR count). The number of para-hydroxylation sites is 1. The topological polar surface area (TPSA) is 65.1 Å². The van der Waals surface area contributed by atoms with E-state index in [0.29, 0.717) is 16.8 Å². The van der Waals surface area contributed by atoms with Crippen molar-refractivity contribution < 1.29 is 14.3 Å². The van der Waals surface area contributed by atoms with Crippen molar-refractivity contribution in [3.63, 3.8) is 0 Å². The maximum Gasteiger partial charge on any atom is 0.268 e. The summed E-state index contributed by atoms with van der Waals surface area (Å²) in [6, 6.07) is 13.6. The van der Waals surface area contributed by atoms with Crippen LogP contribution in [-0.2, 0) is 0 Å². The van der Waals surface area contributed by atoms with Crippen molar-refractivity contribution in [2.24, 2.45) is 5.92 Å². The lowest BCUT2D eigenvalue weighted by Crippen LogP contribution is -2.37. The molecule has 26 heavy (non-hydrogen) atoms. The van der Waals surface area contributed by atoms with Crippen LogP contribution in [0, 0.1) is 18.7 Å². The normalized spacial score (nSPS) is 16.4. The van der Waals surface area contributed by atoms with Crippen LogP contribution < -0.4 is 5.32 Å². The lowest BCUT2D eigenvalue weighted by molar-refractivity contribution is 0.0775. The summed E-state index contributed by atoms with van der Waals surface area (Å²) >= 11 is 0. The molecule has 1 fully saturated rings. The van der Waals surface area contributed by atoms with E-state index < -0.39 is 12.1 Å². The van der Waals surface area contributed by atoms with Gasteiger partial charge >= 0.3 is 0 Å². The molecule has 5 heteroatoms. The molecule has 134 valence electrons. The number of aliphatic hydroxyl groups is 1. The Morgan fingerprint density at radius 1 is 1.23 bits per heavy atom. The van der Waals surface area contributed by atoms with Crippen molar-refractivity contribution in [3.05, 3.63) is 71.2 Å². The van der Waals surface area contributed by atoms with Crippen LogP contribution in [0.3, 0.4) is 0 Å². The molecule has 2 unspecified atom stereocenters. The van der Waals surface area contributed by atoms with E-state index in [0.717, 1.165) is 23.7 Å². The highest BCUT2D eigenvalue weighted by Crippen LogP contribution is 2.38. The number of nitrogens with one attached hydrogen (secondary N) is 2. The Morgan fingerprint density at radius 3 is 2.69 bits per heavy atom. The number of carbonyl (C=O) groups excluding carboxylic acids is 1. The smallest absolute Gasteiger partial charge is 0.268 e. The van der Waals surface area contributed by atoms with Gasteiger partial charge in [0.05, 0.1) is 12.1 Å². The monoisotopic (exact) mass is 352 g/mol.